The second-order valence-electron chi connectivity index (χ2n) is 8.00. The number of ether oxygens (including phenoxy) is 2. The molecule has 1 saturated heterocycles. The Balaban J connectivity index is 1.18. The van der Waals surface area contributed by atoms with Gasteiger partial charge in [-0.05, 0) is 42.5 Å². The third-order valence-electron chi connectivity index (χ3n) is 5.89. The molecule has 0 unspecified atom stereocenters. The molecule has 4 heterocycles. The van der Waals surface area contributed by atoms with E-state index >= 15 is 0 Å². The highest BCUT2D eigenvalue weighted by Gasteiger charge is 2.20. The Bertz CT molecular complexity index is 1340. The summed E-state index contributed by atoms with van der Waals surface area (Å²) in [5, 5.41) is 4.08. The van der Waals surface area contributed by atoms with Crippen molar-refractivity contribution in [2.75, 3.05) is 49.6 Å². The van der Waals surface area contributed by atoms with Gasteiger partial charge in [0.25, 0.3) is 0 Å². The number of anilines is 2. The normalized spacial score (nSPS) is 15.6. The molecule has 0 radical (unpaired) electrons. The molecule has 2 aromatic carbocycles. The van der Waals surface area contributed by atoms with Gasteiger partial charge in [-0.25, -0.2) is 15.0 Å². The minimum absolute atomic E-state index is 0.543. The van der Waals surface area contributed by atoms with E-state index < -0.39 is 0 Å². The van der Waals surface area contributed by atoms with Gasteiger partial charge in [0.1, 0.15) is 19.0 Å². The summed E-state index contributed by atoms with van der Waals surface area (Å²) in [4.78, 5) is 18.5. The summed E-state index contributed by atoms with van der Waals surface area (Å²) < 4.78 is 11.4. The van der Waals surface area contributed by atoms with Crippen LogP contribution in [0.2, 0.25) is 0 Å². The molecule has 9 heteroatoms. The molecule has 6 rings (SSSR count). The van der Waals surface area contributed by atoms with Gasteiger partial charge in [-0.15, -0.1) is 0 Å². The molecule has 0 spiro atoms. The fourth-order valence-electron chi connectivity index (χ4n) is 4.17. The van der Waals surface area contributed by atoms with E-state index in [1.807, 2.05) is 54.7 Å². The lowest BCUT2D eigenvalue weighted by Crippen LogP contribution is -2.50. The van der Waals surface area contributed by atoms with E-state index in [0.717, 1.165) is 59.8 Å². The summed E-state index contributed by atoms with van der Waals surface area (Å²) in [6.45, 7) is 4.53. The van der Waals surface area contributed by atoms with Crippen molar-refractivity contribution < 1.29 is 9.47 Å². The van der Waals surface area contributed by atoms with Crippen molar-refractivity contribution >= 4 is 50.9 Å². The Morgan fingerprint density at radius 2 is 1.52 bits per heavy atom. The maximum Gasteiger partial charge on any atom is 0.173 e. The molecular formula is C24H22N6O2S. The largest absolute Gasteiger partial charge is 0.486 e. The fourth-order valence-corrected chi connectivity index (χ4v) is 4.47. The number of pyridine rings is 1. The molecular weight excluding hydrogens is 436 g/mol. The Kier molecular flexibility index (Phi) is 5.03. The number of benzene rings is 2. The van der Waals surface area contributed by atoms with Crippen LogP contribution in [-0.4, -0.2) is 64.4 Å². The second kappa shape index (κ2) is 8.32. The van der Waals surface area contributed by atoms with Gasteiger partial charge in [-0.2, -0.15) is 0 Å². The van der Waals surface area contributed by atoms with Crippen LogP contribution in [0, 0.1) is 0 Å². The third-order valence-corrected chi connectivity index (χ3v) is 6.25. The SMILES string of the molecule is S=C(Nc1ccc2nc3cc4c(cc3nc2c1)OCCO4)N1CCN(c2ccccn2)CC1. The average molecular weight is 459 g/mol. The minimum Gasteiger partial charge on any atom is -0.486 e. The molecule has 0 atom stereocenters. The number of thiocarbonyl (C=S) groups is 1. The number of nitrogens with zero attached hydrogens (tertiary/aromatic N) is 5. The first-order valence-corrected chi connectivity index (χ1v) is 11.4. The predicted molar refractivity (Wildman–Crippen MR) is 132 cm³/mol. The number of fused-ring (bicyclic) bond motifs is 3. The van der Waals surface area contributed by atoms with Gasteiger partial charge >= 0.3 is 0 Å². The molecule has 0 bridgehead atoms. The smallest absolute Gasteiger partial charge is 0.173 e. The van der Waals surface area contributed by atoms with Crippen molar-refractivity contribution in [1.29, 1.82) is 0 Å². The summed E-state index contributed by atoms with van der Waals surface area (Å²) >= 11 is 5.69. The zero-order chi connectivity index (χ0) is 22.2. The molecule has 0 saturated carbocycles. The van der Waals surface area contributed by atoms with Crippen LogP contribution in [0.25, 0.3) is 22.1 Å². The van der Waals surface area contributed by atoms with Crippen molar-refractivity contribution in [1.82, 2.24) is 19.9 Å². The Hall–Kier alpha value is -3.72. The van der Waals surface area contributed by atoms with Crippen molar-refractivity contribution in [3.05, 3.63) is 54.7 Å². The van der Waals surface area contributed by atoms with E-state index in [2.05, 4.69) is 20.1 Å². The lowest BCUT2D eigenvalue weighted by molar-refractivity contribution is 0.172. The summed E-state index contributed by atoms with van der Waals surface area (Å²) in [5.74, 6) is 2.44. The van der Waals surface area contributed by atoms with Crippen LogP contribution in [0.3, 0.4) is 0 Å². The lowest BCUT2D eigenvalue weighted by Gasteiger charge is -2.36. The van der Waals surface area contributed by atoms with E-state index in [0.29, 0.717) is 29.8 Å². The average Bonchev–Trinajstić information content (AvgIpc) is 2.87. The highest BCUT2D eigenvalue weighted by Crippen LogP contribution is 2.34. The molecule has 2 aliphatic heterocycles. The number of hydrogen-bond acceptors (Lipinski definition) is 7. The highest BCUT2D eigenvalue weighted by atomic mass is 32.1. The van der Waals surface area contributed by atoms with E-state index in [4.69, 9.17) is 31.7 Å². The van der Waals surface area contributed by atoms with E-state index in [9.17, 15) is 0 Å². The number of rotatable bonds is 2. The number of hydrogen-bond donors (Lipinski definition) is 1. The maximum atomic E-state index is 5.69. The zero-order valence-corrected chi connectivity index (χ0v) is 18.7. The van der Waals surface area contributed by atoms with Crippen molar-refractivity contribution in [3.8, 4) is 11.5 Å². The summed E-state index contributed by atoms with van der Waals surface area (Å²) in [7, 11) is 0. The fraction of sp³-hybridized carbons (Fsp3) is 0.250. The molecule has 166 valence electrons. The van der Waals surface area contributed by atoms with Gasteiger partial charge in [-0.1, -0.05) is 6.07 Å². The molecule has 33 heavy (non-hydrogen) atoms. The van der Waals surface area contributed by atoms with Crippen molar-refractivity contribution in [2.45, 2.75) is 0 Å². The quantitative estimate of drug-likeness (QED) is 0.359. The molecule has 8 nitrogen and oxygen atoms in total. The molecule has 2 aromatic heterocycles. The van der Waals surface area contributed by atoms with Crippen LogP contribution >= 0.6 is 12.2 Å². The second-order valence-corrected chi connectivity index (χ2v) is 8.39. The number of nitrogens with one attached hydrogen (secondary N) is 1. The van der Waals surface area contributed by atoms with Crippen LogP contribution in [0.5, 0.6) is 11.5 Å². The number of piperazine rings is 1. The van der Waals surface area contributed by atoms with Crippen LogP contribution in [0.15, 0.2) is 54.7 Å². The van der Waals surface area contributed by atoms with Crippen molar-refractivity contribution in [2.24, 2.45) is 0 Å². The summed E-state index contributed by atoms with van der Waals surface area (Å²) in [6.07, 6.45) is 1.83. The lowest BCUT2D eigenvalue weighted by atomic mass is 10.2. The first-order chi connectivity index (χ1) is 16.2. The summed E-state index contributed by atoms with van der Waals surface area (Å²) in [6, 6.07) is 15.7. The van der Waals surface area contributed by atoms with Gasteiger partial charge < -0.3 is 24.6 Å². The minimum atomic E-state index is 0.543. The zero-order valence-electron chi connectivity index (χ0n) is 17.9. The molecule has 0 amide bonds. The monoisotopic (exact) mass is 458 g/mol. The Morgan fingerprint density at radius 1 is 0.818 bits per heavy atom. The van der Waals surface area contributed by atoms with Gasteiger partial charge in [-0.3, -0.25) is 0 Å². The van der Waals surface area contributed by atoms with Crippen LogP contribution in [0.1, 0.15) is 0 Å². The predicted octanol–water partition coefficient (Wildman–Crippen LogP) is 3.47. The van der Waals surface area contributed by atoms with Crippen LogP contribution in [-0.2, 0) is 0 Å². The van der Waals surface area contributed by atoms with Gasteiger partial charge in [0, 0.05) is 50.2 Å². The topological polar surface area (TPSA) is 75.6 Å². The van der Waals surface area contributed by atoms with Gasteiger partial charge in [0.05, 0.1) is 22.1 Å². The third kappa shape index (κ3) is 3.95. The molecule has 2 aliphatic rings. The van der Waals surface area contributed by atoms with Crippen molar-refractivity contribution in [3.63, 3.8) is 0 Å². The molecule has 1 N–H and O–H groups in total. The Labute approximate surface area is 196 Å². The van der Waals surface area contributed by atoms with E-state index in [1.54, 1.807) is 0 Å². The first-order valence-electron chi connectivity index (χ1n) is 11.0. The molecule has 0 aliphatic carbocycles. The summed E-state index contributed by atoms with van der Waals surface area (Å²) in [5.41, 5.74) is 4.07. The van der Waals surface area contributed by atoms with Gasteiger partial charge in [0.2, 0.25) is 0 Å². The van der Waals surface area contributed by atoms with Gasteiger partial charge in [0.15, 0.2) is 16.6 Å². The van der Waals surface area contributed by atoms with Crippen LogP contribution < -0.4 is 19.7 Å². The first kappa shape index (κ1) is 19.9. The van der Waals surface area contributed by atoms with Crippen LogP contribution in [0.4, 0.5) is 11.5 Å². The maximum absolute atomic E-state index is 5.69. The van der Waals surface area contributed by atoms with E-state index in [-0.39, 0.29) is 0 Å². The Morgan fingerprint density at radius 3 is 2.21 bits per heavy atom. The highest BCUT2D eigenvalue weighted by molar-refractivity contribution is 7.80. The van der Waals surface area contributed by atoms with E-state index in [1.165, 1.54) is 0 Å². The molecule has 4 aromatic rings. The standard InChI is InChI=1S/C24H22N6O2S/c33-24(30-9-7-29(8-10-30)23-3-1-2-6-25-23)26-16-4-5-17-18(13-16)28-20-15-22-21(14-19(20)27-17)31-11-12-32-22/h1-6,13-15H,7-12H2,(H,26,33). The number of aromatic nitrogens is 3. The molecule has 1 fully saturated rings.